The van der Waals surface area contributed by atoms with E-state index >= 15 is 0 Å². The van der Waals surface area contributed by atoms with Gasteiger partial charge in [0.15, 0.2) is 5.79 Å². The van der Waals surface area contributed by atoms with Gasteiger partial charge in [0.2, 0.25) is 0 Å². The molecule has 0 aromatic carbocycles. The first kappa shape index (κ1) is 13.6. The van der Waals surface area contributed by atoms with E-state index in [9.17, 15) is 0 Å². The zero-order valence-electron chi connectivity index (χ0n) is 13.6. The molecule has 3 heterocycles. The second kappa shape index (κ2) is 3.81. The minimum absolute atomic E-state index is 0.0629. The molecule has 5 rings (SSSR count). The highest BCUT2D eigenvalue weighted by molar-refractivity contribution is 5.13. The maximum absolute atomic E-state index is 6.55. The Labute approximate surface area is 123 Å². The lowest BCUT2D eigenvalue weighted by Crippen LogP contribution is -2.61. The Morgan fingerprint density at radius 2 is 1.60 bits per heavy atom. The molecule has 5 fully saturated rings. The van der Waals surface area contributed by atoms with Crippen LogP contribution < -0.4 is 0 Å². The highest BCUT2D eigenvalue weighted by Gasteiger charge is 2.66. The van der Waals surface area contributed by atoms with E-state index in [4.69, 9.17) is 9.47 Å². The van der Waals surface area contributed by atoms with E-state index in [1.54, 1.807) is 0 Å². The summed E-state index contributed by atoms with van der Waals surface area (Å²) in [7, 11) is 0. The van der Waals surface area contributed by atoms with E-state index in [1.165, 1.54) is 38.5 Å². The Bertz CT molecular complexity index is 431. The molecule has 5 aliphatic rings. The lowest BCUT2D eigenvalue weighted by molar-refractivity contribution is -0.298. The van der Waals surface area contributed by atoms with Crippen LogP contribution in [0.5, 0.6) is 0 Å². The van der Waals surface area contributed by atoms with Crippen molar-refractivity contribution in [3.05, 3.63) is 0 Å². The Hall–Kier alpha value is -0.0800. The minimum atomic E-state index is -0.314. The second-order valence-electron chi connectivity index (χ2n) is 9.10. The third kappa shape index (κ3) is 1.58. The van der Waals surface area contributed by atoms with Crippen LogP contribution in [-0.2, 0) is 9.47 Å². The van der Waals surface area contributed by atoms with E-state index in [-0.39, 0.29) is 11.4 Å². The molecule has 114 valence electrons. The van der Waals surface area contributed by atoms with Gasteiger partial charge in [0.1, 0.15) is 0 Å². The van der Waals surface area contributed by atoms with E-state index in [1.807, 2.05) is 0 Å². The van der Waals surface area contributed by atoms with E-state index in [0.29, 0.717) is 16.7 Å². The molecule has 4 bridgehead atoms. The summed E-state index contributed by atoms with van der Waals surface area (Å²) in [6.45, 7) is 10.5. The Morgan fingerprint density at radius 3 is 2.40 bits per heavy atom. The number of hydrogen-bond donors (Lipinski definition) is 0. The Kier molecular flexibility index (Phi) is 2.59. The molecule has 5 unspecified atom stereocenters. The number of hydrogen-bond acceptors (Lipinski definition) is 2. The van der Waals surface area contributed by atoms with Crippen LogP contribution in [0.25, 0.3) is 0 Å². The van der Waals surface area contributed by atoms with Crippen LogP contribution in [0.1, 0.15) is 72.6 Å². The molecule has 0 aromatic rings. The maximum atomic E-state index is 6.55. The van der Waals surface area contributed by atoms with Crippen LogP contribution in [0.3, 0.4) is 0 Å². The first-order chi connectivity index (χ1) is 9.30. The van der Waals surface area contributed by atoms with Crippen molar-refractivity contribution in [2.24, 2.45) is 22.7 Å². The Morgan fingerprint density at radius 1 is 0.850 bits per heavy atom. The monoisotopic (exact) mass is 278 g/mol. The molecule has 2 aliphatic carbocycles. The highest BCUT2D eigenvalue weighted by atomic mass is 16.7. The summed E-state index contributed by atoms with van der Waals surface area (Å²) in [5.74, 6) is 1.22. The summed E-state index contributed by atoms with van der Waals surface area (Å²) >= 11 is 0. The van der Waals surface area contributed by atoms with Gasteiger partial charge < -0.3 is 9.47 Å². The molecule has 20 heavy (non-hydrogen) atoms. The molecule has 0 aromatic heterocycles. The predicted octanol–water partition coefficient (Wildman–Crippen LogP) is 4.52. The van der Waals surface area contributed by atoms with Crippen molar-refractivity contribution in [2.75, 3.05) is 6.61 Å². The lowest BCUT2D eigenvalue weighted by atomic mass is 9.44. The molecular formula is C18H30O2. The van der Waals surface area contributed by atoms with E-state index < -0.39 is 0 Å². The standard InChI is InChI=1S/C18H30O2/c1-15(2)8-5-9-18-12-19-17(4)11-7-14(18)16(3,20-17)10-6-13(15)18/h13-14H,5-12H2,1-4H3. The van der Waals surface area contributed by atoms with Gasteiger partial charge in [-0.05, 0) is 63.2 Å². The van der Waals surface area contributed by atoms with Gasteiger partial charge in [0.25, 0.3) is 0 Å². The van der Waals surface area contributed by atoms with Gasteiger partial charge in [0, 0.05) is 11.8 Å². The largest absolute Gasteiger partial charge is 0.350 e. The molecule has 2 nitrogen and oxygen atoms in total. The van der Waals surface area contributed by atoms with Gasteiger partial charge >= 0.3 is 0 Å². The summed E-state index contributed by atoms with van der Waals surface area (Å²) in [5.41, 5.74) is 0.933. The van der Waals surface area contributed by atoms with Gasteiger partial charge in [-0.15, -0.1) is 0 Å². The van der Waals surface area contributed by atoms with E-state index in [2.05, 4.69) is 27.7 Å². The van der Waals surface area contributed by atoms with Gasteiger partial charge in [0.05, 0.1) is 12.2 Å². The molecule has 3 saturated heterocycles. The van der Waals surface area contributed by atoms with Crippen molar-refractivity contribution in [3.8, 4) is 0 Å². The van der Waals surface area contributed by atoms with Crippen molar-refractivity contribution < 1.29 is 9.47 Å². The fourth-order valence-electron chi connectivity index (χ4n) is 6.64. The second-order valence-corrected chi connectivity index (χ2v) is 9.10. The van der Waals surface area contributed by atoms with Crippen LogP contribution in [0.2, 0.25) is 0 Å². The van der Waals surface area contributed by atoms with Gasteiger partial charge in [-0.1, -0.05) is 20.3 Å². The SMILES string of the molecule is CC12CCC3C(C)(CCC4C(C)(C)CCCC43CO1)O2. The van der Waals surface area contributed by atoms with Gasteiger partial charge in [-0.25, -0.2) is 0 Å². The molecular weight excluding hydrogens is 248 g/mol. The van der Waals surface area contributed by atoms with Crippen molar-refractivity contribution in [3.63, 3.8) is 0 Å². The fourth-order valence-corrected chi connectivity index (χ4v) is 6.64. The Balaban J connectivity index is 1.83. The van der Waals surface area contributed by atoms with Crippen LogP contribution in [0, 0.1) is 22.7 Å². The molecule has 5 atom stereocenters. The van der Waals surface area contributed by atoms with Gasteiger partial charge in [-0.2, -0.15) is 0 Å². The molecule has 1 spiro atoms. The summed E-state index contributed by atoms with van der Waals surface area (Å²) < 4.78 is 12.9. The molecule has 0 amide bonds. The maximum Gasteiger partial charge on any atom is 0.166 e. The number of rotatable bonds is 0. The smallest absolute Gasteiger partial charge is 0.166 e. The van der Waals surface area contributed by atoms with Crippen molar-refractivity contribution in [1.82, 2.24) is 0 Å². The van der Waals surface area contributed by atoms with Gasteiger partial charge in [-0.3, -0.25) is 0 Å². The quantitative estimate of drug-likeness (QED) is 0.648. The van der Waals surface area contributed by atoms with Crippen molar-refractivity contribution >= 4 is 0 Å². The summed E-state index contributed by atoms with van der Waals surface area (Å²) in [4.78, 5) is 0. The number of fused-ring (bicyclic) bond motifs is 2. The highest BCUT2D eigenvalue weighted by Crippen LogP contribution is 2.67. The van der Waals surface area contributed by atoms with Crippen LogP contribution in [-0.4, -0.2) is 18.0 Å². The van der Waals surface area contributed by atoms with Crippen LogP contribution in [0.4, 0.5) is 0 Å². The fraction of sp³-hybridized carbons (Fsp3) is 1.00. The topological polar surface area (TPSA) is 18.5 Å². The first-order valence-electron chi connectivity index (χ1n) is 8.64. The van der Waals surface area contributed by atoms with Crippen LogP contribution in [0.15, 0.2) is 0 Å². The molecule has 2 heteroatoms. The molecule has 2 saturated carbocycles. The predicted molar refractivity (Wildman–Crippen MR) is 79.4 cm³/mol. The minimum Gasteiger partial charge on any atom is -0.350 e. The average Bonchev–Trinajstić information content (AvgIpc) is 2.50. The van der Waals surface area contributed by atoms with Crippen molar-refractivity contribution in [2.45, 2.75) is 84.0 Å². The summed E-state index contributed by atoms with van der Waals surface area (Å²) in [5, 5.41) is 0. The van der Waals surface area contributed by atoms with Crippen LogP contribution >= 0.6 is 0 Å². The molecule has 0 radical (unpaired) electrons. The third-order valence-electron chi connectivity index (χ3n) is 7.44. The number of ether oxygens (including phenoxy) is 2. The summed E-state index contributed by atoms with van der Waals surface area (Å²) in [6.07, 6.45) is 9.07. The lowest BCUT2D eigenvalue weighted by Gasteiger charge is -2.62. The zero-order chi connectivity index (χ0) is 14.2. The average molecular weight is 278 g/mol. The third-order valence-corrected chi connectivity index (χ3v) is 7.44. The molecule has 3 aliphatic heterocycles. The normalized spacial score (nSPS) is 57.0. The van der Waals surface area contributed by atoms with E-state index in [0.717, 1.165) is 18.9 Å². The molecule has 0 N–H and O–H groups in total. The zero-order valence-corrected chi connectivity index (χ0v) is 13.6. The summed E-state index contributed by atoms with van der Waals surface area (Å²) in [6, 6.07) is 0. The first-order valence-corrected chi connectivity index (χ1v) is 8.64. The van der Waals surface area contributed by atoms with Crippen molar-refractivity contribution in [1.29, 1.82) is 0 Å².